The highest BCUT2D eigenvalue weighted by Gasteiger charge is 2.43. The van der Waals surface area contributed by atoms with Crippen molar-refractivity contribution in [1.29, 1.82) is 0 Å². The van der Waals surface area contributed by atoms with Crippen LogP contribution in [0.4, 0.5) is 0 Å². The maximum atomic E-state index is 9.53. The Labute approximate surface area is 93.4 Å². The molecule has 4 N–H and O–H groups in total. The Morgan fingerprint density at radius 2 is 1.88 bits per heavy atom. The van der Waals surface area contributed by atoms with E-state index >= 15 is 0 Å². The van der Waals surface area contributed by atoms with Crippen LogP contribution in [0.5, 0.6) is 0 Å². The summed E-state index contributed by atoms with van der Waals surface area (Å²) in [7, 11) is 0. The summed E-state index contributed by atoms with van der Waals surface area (Å²) < 4.78 is 10.1. The molecule has 1 rings (SSSR count). The first-order chi connectivity index (χ1) is 7.61. The predicted octanol–water partition coefficient (Wildman–Crippen LogP) is -2.17. The molecule has 0 aromatic heterocycles. The van der Waals surface area contributed by atoms with Gasteiger partial charge in [0, 0.05) is 0 Å². The van der Waals surface area contributed by atoms with E-state index in [1.807, 2.05) is 0 Å². The van der Waals surface area contributed by atoms with Crippen molar-refractivity contribution in [2.75, 3.05) is 13.2 Å². The molecule has 5 atom stereocenters. The Bertz CT molecular complexity index is 268. The van der Waals surface area contributed by atoms with Crippen LogP contribution in [0, 0.1) is 11.8 Å². The highest BCUT2D eigenvalue weighted by molar-refractivity contribution is 4.96. The molecule has 1 aliphatic heterocycles. The van der Waals surface area contributed by atoms with Gasteiger partial charge in [-0.25, -0.2) is 0 Å². The third-order valence-corrected chi connectivity index (χ3v) is 2.34. The van der Waals surface area contributed by atoms with Gasteiger partial charge in [0.25, 0.3) is 0 Å². The standard InChI is InChI=1S/C10H16O6/c1-2-3-4-15-10-9(14)8(13)7(12)6(5-11)16-10/h6-14H,4-5H2,1H3/t6-,7-,8+,9-,10?/m1/s1. The summed E-state index contributed by atoms with van der Waals surface area (Å²) in [6, 6.07) is 0. The molecule has 1 fully saturated rings. The van der Waals surface area contributed by atoms with Crippen LogP contribution in [-0.2, 0) is 9.47 Å². The van der Waals surface area contributed by atoms with Gasteiger partial charge in [-0.05, 0) is 6.92 Å². The van der Waals surface area contributed by atoms with E-state index in [-0.39, 0.29) is 6.61 Å². The smallest absolute Gasteiger partial charge is 0.187 e. The summed E-state index contributed by atoms with van der Waals surface area (Å²) in [6.07, 6.45) is -6.19. The zero-order valence-corrected chi connectivity index (χ0v) is 8.91. The molecule has 1 aliphatic rings. The number of aliphatic hydroxyl groups is 4. The third-order valence-electron chi connectivity index (χ3n) is 2.34. The maximum absolute atomic E-state index is 9.53. The molecule has 0 saturated carbocycles. The summed E-state index contributed by atoms with van der Waals surface area (Å²) in [5, 5.41) is 37.3. The van der Waals surface area contributed by atoms with Crippen LogP contribution in [-0.4, -0.2) is 64.3 Å². The summed E-state index contributed by atoms with van der Waals surface area (Å²) in [4.78, 5) is 0. The largest absolute Gasteiger partial charge is 0.394 e. The van der Waals surface area contributed by atoms with Crippen molar-refractivity contribution in [1.82, 2.24) is 0 Å². The lowest BCUT2D eigenvalue weighted by molar-refractivity contribution is -0.298. The van der Waals surface area contributed by atoms with E-state index < -0.39 is 37.3 Å². The summed E-state index contributed by atoms with van der Waals surface area (Å²) in [6.45, 7) is 1.21. The summed E-state index contributed by atoms with van der Waals surface area (Å²) in [5.41, 5.74) is 0. The van der Waals surface area contributed by atoms with Crippen LogP contribution in [0.25, 0.3) is 0 Å². The quantitative estimate of drug-likeness (QED) is 0.413. The van der Waals surface area contributed by atoms with Gasteiger partial charge in [0.2, 0.25) is 0 Å². The first-order valence-electron chi connectivity index (χ1n) is 4.93. The van der Waals surface area contributed by atoms with Crippen LogP contribution in [0.2, 0.25) is 0 Å². The van der Waals surface area contributed by atoms with E-state index in [4.69, 9.17) is 14.6 Å². The SMILES string of the molecule is CC#CCOC1O[C@H](CO)[C@@H](O)[C@H](O)[C@H]1O. The van der Waals surface area contributed by atoms with E-state index in [1.54, 1.807) is 6.92 Å². The highest BCUT2D eigenvalue weighted by Crippen LogP contribution is 2.21. The van der Waals surface area contributed by atoms with E-state index in [0.717, 1.165) is 0 Å². The second-order valence-corrected chi connectivity index (χ2v) is 3.44. The Hall–Kier alpha value is -0.680. The van der Waals surface area contributed by atoms with Crippen molar-refractivity contribution < 1.29 is 29.9 Å². The van der Waals surface area contributed by atoms with Crippen molar-refractivity contribution in [3.63, 3.8) is 0 Å². The molecule has 1 saturated heterocycles. The van der Waals surface area contributed by atoms with Gasteiger partial charge in [0.05, 0.1) is 6.61 Å². The lowest BCUT2D eigenvalue weighted by atomic mass is 9.99. The molecule has 6 nitrogen and oxygen atoms in total. The second-order valence-electron chi connectivity index (χ2n) is 3.44. The Morgan fingerprint density at radius 1 is 1.19 bits per heavy atom. The first kappa shape index (κ1) is 13.4. The molecule has 6 heteroatoms. The van der Waals surface area contributed by atoms with Crippen LogP contribution < -0.4 is 0 Å². The molecule has 1 heterocycles. The number of hydrogen-bond donors (Lipinski definition) is 4. The monoisotopic (exact) mass is 232 g/mol. The second kappa shape index (κ2) is 6.15. The zero-order valence-electron chi connectivity index (χ0n) is 8.91. The minimum Gasteiger partial charge on any atom is -0.394 e. The first-order valence-corrected chi connectivity index (χ1v) is 4.93. The fourth-order valence-corrected chi connectivity index (χ4v) is 1.40. The van der Waals surface area contributed by atoms with Gasteiger partial charge in [-0.3, -0.25) is 0 Å². The number of hydrogen-bond acceptors (Lipinski definition) is 6. The minimum atomic E-state index is -1.41. The zero-order chi connectivity index (χ0) is 12.1. The molecular formula is C10H16O6. The molecule has 0 aliphatic carbocycles. The van der Waals surface area contributed by atoms with Gasteiger partial charge in [-0.1, -0.05) is 5.92 Å². The maximum Gasteiger partial charge on any atom is 0.187 e. The normalized spacial score (nSPS) is 38.9. The number of ether oxygens (including phenoxy) is 2. The molecule has 92 valence electrons. The fraction of sp³-hybridized carbons (Fsp3) is 0.800. The van der Waals surface area contributed by atoms with E-state index in [1.165, 1.54) is 0 Å². The van der Waals surface area contributed by atoms with Crippen molar-refractivity contribution in [3.05, 3.63) is 0 Å². The van der Waals surface area contributed by atoms with Crippen molar-refractivity contribution in [2.24, 2.45) is 0 Å². The van der Waals surface area contributed by atoms with E-state index in [2.05, 4.69) is 11.8 Å². The molecule has 1 unspecified atom stereocenters. The fourth-order valence-electron chi connectivity index (χ4n) is 1.40. The van der Waals surface area contributed by atoms with Crippen molar-refractivity contribution >= 4 is 0 Å². The predicted molar refractivity (Wildman–Crippen MR) is 53.2 cm³/mol. The lowest BCUT2D eigenvalue weighted by Crippen LogP contribution is -2.59. The summed E-state index contributed by atoms with van der Waals surface area (Å²) >= 11 is 0. The average Bonchev–Trinajstić information content (AvgIpc) is 2.29. The van der Waals surface area contributed by atoms with Crippen LogP contribution in [0.15, 0.2) is 0 Å². The Kier molecular flexibility index (Phi) is 5.15. The molecule has 0 amide bonds. The Morgan fingerprint density at radius 3 is 2.44 bits per heavy atom. The van der Waals surface area contributed by atoms with Gasteiger partial charge in [-0.15, -0.1) is 5.92 Å². The molecule has 0 spiro atoms. The number of rotatable bonds is 3. The topological polar surface area (TPSA) is 99.4 Å². The highest BCUT2D eigenvalue weighted by atomic mass is 16.7. The Balaban J connectivity index is 2.58. The molecule has 16 heavy (non-hydrogen) atoms. The molecule has 0 aromatic rings. The van der Waals surface area contributed by atoms with Gasteiger partial charge >= 0.3 is 0 Å². The lowest BCUT2D eigenvalue weighted by Gasteiger charge is -2.39. The molecule has 0 radical (unpaired) electrons. The molecular weight excluding hydrogens is 216 g/mol. The van der Waals surface area contributed by atoms with E-state index in [0.29, 0.717) is 0 Å². The van der Waals surface area contributed by atoms with Crippen LogP contribution in [0.1, 0.15) is 6.92 Å². The van der Waals surface area contributed by atoms with Gasteiger partial charge in [0.15, 0.2) is 6.29 Å². The van der Waals surface area contributed by atoms with Crippen LogP contribution in [0.3, 0.4) is 0 Å². The average molecular weight is 232 g/mol. The van der Waals surface area contributed by atoms with Gasteiger partial charge in [-0.2, -0.15) is 0 Å². The van der Waals surface area contributed by atoms with Crippen LogP contribution >= 0.6 is 0 Å². The van der Waals surface area contributed by atoms with Crippen molar-refractivity contribution in [2.45, 2.75) is 37.6 Å². The molecule has 0 bridgehead atoms. The van der Waals surface area contributed by atoms with Gasteiger partial charge < -0.3 is 29.9 Å². The number of aliphatic hydroxyl groups excluding tert-OH is 4. The third kappa shape index (κ3) is 2.92. The summed E-state index contributed by atoms with van der Waals surface area (Å²) in [5.74, 6) is 5.20. The minimum absolute atomic E-state index is 0.0409. The van der Waals surface area contributed by atoms with E-state index in [9.17, 15) is 15.3 Å². The molecule has 0 aromatic carbocycles. The van der Waals surface area contributed by atoms with Crippen molar-refractivity contribution in [3.8, 4) is 11.8 Å². The van der Waals surface area contributed by atoms with Gasteiger partial charge in [0.1, 0.15) is 31.0 Å².